The predicted molar refractivity (Wildman–Crippen MR) is 127 cm³/mol. The number of nitrogens with zero attached hydrogens (tertiary/aromatic N) is 2. The van der Waals surface area contributed by atoms with Crippen molar-refractivity contribution in [1.29, 1.82) is 0 Å². The molecule has 1 saturated carbocycles. The highest BCUT2D eigenvalue weighted by Gasteiger charge is 2.26. The molecule has 5 rings (SSSR count). The number of rotatable bonds is 6. The van der Waals surface area contributed by atoms with Gasteiger partial charge in [-0.25, -0.2) is 4.39 Å². The van der Waals surface area contributed by atoms with Crippen molar-refractivity contribution in [2.45, 2.75) is 39.8 Å². The summed E-state index contributed by atoms with van der Waals surface area (Å²) in [5, 5.41) is 8.03. The van der Waals surface area contributed by atoms with Crippen molar-refractivity contribution in [2.24, 2.45) is 5.92 Å². The number of fused-ring (bicyclic) bond motifs is 1. The molecule has 2 N–H and O–H groups in total. The number of hydrogen-bond donors (Lipinski definition) is 2. The summed E-state index contributed by atoms with van der Waals surface area (Å²) in [4.78, 5) is 15.3. The van der Waals surface area contributed by atoms with Crippen LogP contribution >= 0.6 is 0 Å². The number of aryl methyl sites for hydroxylation is 1. The van der Waals surface area contributed by atoms with Crippen LogP contribution in [0, 0.1) is 25.6 Å². The van der Waals surface area contributed by atoms with E-state index in [0.717, 1.165) is 60.8 Å². The maximum atomic E-state index is 13.3. The van der Waals surface area contributed by atoms with Gasteiger partial charge in [0, 0.05) is 55.9 Å². The third kappa shape index (κ3) is 4.11. The molecule has 1 amide bonds. The minimum atomic E-state index is -0.232. The molecule has 2 fully saturated rings. The smallest absolute Gasteiger partial charge is 0.254 e. The normalized spacial score (nSPS) is 16.5. The number of halogens is 1. The van der Waals surface area contributed by atoms with Crippen LogP contribution in [0.3, 0.4) is 0 Å². The van der Waals surface area contributed by atoms with Crippen molar-refractivity contribution in [2.75, 3.05) is 31.5 Å². The van der Waals surface area contributed by atoms with Gasteiger partial charge >= 0.3 is 0 Å². The molecule has 0 unspecified atom stereocenters. The van der Waals surface area contributed by atoms with E-state index in [1.165, 1.54) is 41.7 Å². The standard InChI is InChI=1S/C26H31FN4O/c1-17-18(2)31(16-20-3-4-20)25-23(17)13-21(26(32)30-11-9-28-10-12-30)14-24(25)29-15-19-5-7-22(27)8-6-19/h5-8,13-14,20,28-29H,3-4,9-12,15-16H2,1-2H3. The van der Waals surface area contributed by atoms with Crippen LogP contribution in [-0.4, -0.2) is 41.6 Å². The number of hydrogen-bond acceptors (Lipinski definition) is 3. The van der Waals surface area contributed by atoms with Gasteiger partial charge in [0.25, 0.3) is 5.91 Å². The van der Waals surface area contributed by atoms with Crippen LogP contribution in [-0.2, 0) is 13.1 Å². The lowest BCUT2D eigenvalue weighted by molar-refractivity contribution is 0.0736. The average molecular weight is 435 g/mol. The Morgan fingerprint density at radius 3 is 2.53 bits per heavy atom. The van der Waals surface area contributed by atoms with Crippen molar-refractivity contribution in [1.82, 2.24) is 14.8 Å². The molecule has 1 saturated heterocycles. The minimum absolute atomic E-state index is 0.0882. The summed E-state index contributed by atoms with van der Waals surface area (Å²) in [6.07, 6.45) is 2.58. The lowest BCUT2D eigenvalue weighted by Gasteiger charge is -2.27. The lowest BCUT2D eigenvalue weighted by atomic mass is 10.1. The number of benzene rings is 2. The van der Waals surface area contributed by atoms with Gasteiger partial charge in [-0.2, -0.15) is 0 Å². The van der Waals surface area contributed by atoms with E-state index in [4.69, 9.17) is 0 Å². The summed E-state index contributed by atoms with van der Waals surface area (Å²) >= 11 is 0. The first-order chi connectivity index (χ1) is 15.5. The molecule has 0 atom stereocenters. The predicted octanol–water partition coefficient (Wildman–Crippen LogP) is 4.46. The molecule has 2 aromatic carbocycles. The zero-order valence-corrected chi connectivity index (χ0v) is 18.9. The number of carbonyl (C=O) groups is 1. The SMILES string of the molecule is Cc1c(C)n(CC2CC2)c2c(NCc3ccc(F)cc3)cc(C(=O)N3CCNCC3)cc12. The van der Waals surface area contributed by atoms with Crippen LogP contribution in [0.5, 0.6) is 0 Å². The molecule has 0 radical (unpaired) electrons. The lowest BCUT2D eigenvalue weighted by Crippen LogP contribution is -2.46. The van der Waals surface area contributed by atoms with Gasteiger partial charge in [-0.3, -0.25) is 4.79 Å². The van der Waals surface area contributed by atoms with E-state index < -0.39 is 0 Å². The number of aromatic nitrogens is 1. The number of amides is 1. The molecule has 1 aliphatic carbocycles. The molecule has 0 bridgehead atoms. The van der Waals surface area contributed by atoms with E-state index in [9.17, 15) is 9.18 Å². The molecule has 0 spiro atoms. The van der Waals surface area contributed by atoms with Gasteiger partial charge in [0.2, 0.25) is 0 Å². The molecule has 2 aliphatic rings. The first kappa shape index (κ1) is 21.0. The summed E-state index contributed by atoms with van der Waals surface area (Å²) < 4.78 is 15.8. The summed E-state index contributed by atoms with van der Waals surface area (Å²) in [6, 6.07) is 10.7. The Hall–Kier alpha value is -2.86. The molecular formula is C26H31FN4O. The van der Waals surface area contributed by atoms with E-state index in [1.807, 2.05) is 11.0 Å². The quantitative estimate of drug-likeness (QED) is 0.602. The zero-order valence-electron chi connectivity index (χ0n) is 18.9. The second kappa shape index (κ2) is 8.58. The molecule has 2 heterocycles. The van der Waals surface area contributed by atoms with Crippen molar-refractivity contribution in [3.05, 3.63) is 64.6 Å². The molecule has 6 heteroatoms. The molecule has 1 aliphatic heterocycles. The highest BCUT2D eigenvalue weighted by Crippen LogP contribution is 2.38. The Morgan fingerprint density at radius 1 is 1.12 bits per heavy atom. The molecule has 168 valence electrons. The third-order valence-electron chi connectivity index (χ3n) is 6.92. The Morgan fingerprint density at radius 2 is 1.84 bits per heavy atom. The largest absolute Gasteiger partial charge is 0.379 e. The maximum absolute atomic E-state index is 13.3. The van der Waals surface area contributed by atoms with Crippen molar-refractivity contribution in [3.8, 4) is 0 Å². The van der Waals surface area contributed by atoms with Gasteiger partial charge in [-0.05, 0) is 68.0 Å². The highest BCUT2D eigenvalue weighted by atomic mass is 19.1. The summed E-state index contributed by atoms with van der Waals surface area (Å²) in [5.41, 5.74) is 6.39. The Kier molecular flexibility index (Phi) is 5.64. The van der Waals surface area contributed by atoms with E-state index in [1.54, 1.807) is 12.1 Å². The molecule has 5 nitrogen and oxygen atoms in total. The maximum Gasteiger partial charge on any atom is 0.254 e. The number of anilines is 1. The highest BCUT2D eigenvalue weighted by molar-refractivity contribution is 6.04. The molecular weight excluding hydrogens is 403 g/mol. The topological polar surface area (TPSA) is 49.3 Å². The molecule has 3 aromatic rings. The number of nitrogens with one attached hydrogen (secondary N) is 2. The fraction of sp³-hybridized carbons (Fsp3) is 0.423. The molecule has 1 aromatic heterocycles. The fourth-order valence-corrected chi connectivity index (χ4v) is 4.67. The van der Waals surface area contributed by atoms with Crippen LogP contribution in [0.1, 0.15) is 40.0 Å². The summed E-state index contributed by atoms with van der Waals surface area (Å²) in [7, 11) is 0. The Labute approximate surface area is 188 Å². The van der Waals surface area contributed by atoms with Crippen LogP contribution in [0.15, 0.2) is 36.4 Å². The van der Waals surface area contributed by atoms with E-state index in [0.29, 0.717) is 6.54 Å². The second-order valence-electron chi connectivity index (χ2n) is 9.21. The number of piperazine rings is 1. The van der Waals surface area contributed by atoms with Gasteiger partial charge in [0.05, 0.1) is 11.2 Å². The van der Waals surface area contributed by atoms with E-state index >= 15 is 0 Å². The first-order valence-corrected chi connectivity index (χ1v) is 11.6. The third-order valence-corrected chi connectivity index (χ3v) is 6.92. The van der Waals surface area contributed by atoms with Gasteiger partial charge in [0.15, 0.2) is 0 Å². The number of carbonyl (C=O) groups excluding carboxylic acids is 1. The second-order valence-corrected chi connectivity index (χ2v) is 9.21. The van der Waals surface area contributed by atoms with Gasteiger partial charge in [-0.15, -0.1) is 0 Å². The summed E-state index contributed by atoms with van der Waals surface area (Å²) in [5.74, 6) is 0.602. The van der Waals surface area contributed by atoms with Crippen molar-refractivity contribution < 1.29 is 9.18 Å². The van der Waals surface area contributed by atoms with E-state index in [2.05, 4.69) is 35.1 Å². The first-order valence-electron chi connectivity index (χ1n) is 11.6. The van der Waals surface area contributed by atoms with Gasteiger partial charge in [-0.1, -0.05) is 12.1 Å². The van der Waals surface area contributed by atoms with Crippen LogP contribution < -0.4 is 10.6 Å². The monoisotopic (exact) mass is 434 g/mol. The summed E-state index contributed by atoms with van der Waals surface area (Å²) in [6.45, 7) is 9.06. The van der Waals surface area contributed by atoms with Crippen LogP contribution in [0.4, 0.5) is 10.1 Å². The van der Waals surface area contributed by atoms with Gasteiger partial charge < -0.3 is 20.1 Å². The van der Waals surface area contributed by atoms with Crippen LogP contribution in [0.2, 0.25) is 0 Å². The average Bonchev–Trinajstić information content (AvgIpc) is 3.61. The van der Waals surface area contributed by atoms with Crippen molar-refractivity contribution >= 4 is 22.5 Å². The Balaban J connectivity index is 1.55. The minimum Gasteiger partial charge on any atom is -0.379 e. The van der Waals surface area contributed by atoms with Crippen LogP contribution in [0.25, 0.3) is 10.9 Å². The Bertz CT molecular complexity index is 1140. The fourth-order valence-electron chi connectivity index (χ4n) is 4.67. The zero-order chi connectivity index (χ0) is 22.2. The molecule has 32 heavy (non-hydrogen) atoms. The van der Waals surface area contributed by atoms with Crippen molar-refractivity contribution in [3.63, 3.8) is 0 Å². The van der Waals surface area contributed by atoms with Gasteiger partial charge in [0.1, 0.15) is 5.82 Å². The van der Waals surface area contributed by atoms with E-state index in [-0.39, 0.29) is 11.7 Å².